The Bertz CT molecular complexity index is 416. The first-order valence-electron chi connectivity index (χ1n) is 8.53. The van der Waals surface area contributed by atoms with E-state index in [9.17, 15) is 0 Å². The second-order valence-electron chi connectivity index (χ2n) is 6.86. The van der Waals surface area contributed by atoms with Crippen LogP contribution >= 0.6 is 0 Å². The van der Waals surface area contributed by atoms with Crippen LogP contribution in [0.2, 0.25) is 0 Å². The highest BCUT2D eigenvalue weighted by Crippen LogP contribution is 2.32. The summed E-state index contributed by atoms with van der Waals surface area (Å²) in [6, 6.07) is 2.45. The predicted molar refractivity (Wildman–Crippen MR) is 88.4 cm³/mol. The quantitative estimate of drug-likeness (QED) is 0.874. The van der Waals surface area contributed by atoms with Crippen LogP contribution in [-0.4, -0.2) is 39.9 Å². The second-order valence-corrected chi connectivity index (χ2v) is 6.86. The normalized spacial score (nSPS) is 19.4. The van der Waals surface area contributed by atoms with Crippen LogP contribution in [0.3, 0.4) is 0 Å². The lowest BCUT2D eigenvalue weighted by molar-refractivity contribution is 0.0816. The monoisotopic (exact) mass is 292 g/mol. The molecule has 0 radical (unpaired) electrons. The zero-order valence-electron chi connectivity index (χ0n) is 14.2. The van der Waals surface area contributed by atoms with Gasteiger partial charge in [0.2, 0.25) is 0 Å². The SMILES string of the molecule is CCCNC(c1ccn(C)n1)C(C)(C)N1CCCCCC1. The maximum Gasteiger partial charge on any atom is 0.0812 e. The molecule has 1 unspecified atom stereocenters. The average molecular weight is 292 g/mol. The summed E-state index contributed by atoms with van der Waals surface area (Å²) in [5.41, 5.74) is 1.26. The zero-order valence-corrected chi connectivity index (χ0v) is 14.2. The fraction of sp³-hybridized carbons (Fsp3) is 0.824. The van der Waals surface area contributed by atoms with E-state index in [0.717, 1.165) is 13.0 Å². The third-order valence-electron chi connectivity index (χ3n) is 4.76. The molecule has 1 saturated heterocycles. The summed E-state index contributed by atoms with van der Waals surface area (Å²) < 4.78 is 1.91. The van der Waals surface area contributed by atoms with Crippen molar-refractivity contribution in [1.82, 2.24) is 20.0 Å². The van der Waals surface area contributed by atoms with Gasteiger partial charge in [-0.05, 0) is 58.8 Å². The first kappa shape index (κ1) is 16.5. The van der Waals surface area contributed by atoms with E-state index in [1.807, 2.05) is 11.7 Å². The van der Waals surface area contributed by atoms with Crippen LogP contribution in [-0.2, 0) is 7.05 Å². The van der Waals surface area contributed by atoms with Crippen molar-refractivity contribution in [3.05, 3.63) is 18.0 Å². The molecular formula is C17H32N4. The van der Waals surface area contributed by atoms with Crippen molar-refractivity contribution in [2.45, 2.75) is 64.5 Å². The molecule has 1 aliphatic rings. The van der Waals surface area contributed by atoms with E-state index in [2.05, 4.69) is 48.3 Å². The van der Waals surface area contributed by atoms with Crippen molar-refractivity contribution >= 4 is 0 Å². The van der Waals surface area contributed by atoms with Crippen LogP contribution < -0.4 is 5.32 Å². The van der Waals surface area contributed by atoms with Gasteiger partial charge in [0.1, 0.15) is 0 Å². The summed E-state index contributed by atoms with van der Waals surface area (Å²) in [7, 11) is 2.00. The van der Waals surface area contributed by atoms with Gasteiger partial charge in [-0.1, -0.05) is 19.8 Å². The van der Waals surface area contributed by atoms with E-state index in [4.69, 9.17) is 0 Å². The van der Waals surface area contributed by atoms with Crippen molar-refractivity contribution in [3.63, 3.8) is 0 Å². The van der Waals surface area contributed by atoms with Gasteiger partial charge in [0, 0.05) is 18.8 Å². The van der Waals surface area contributed by atoms with Gasteiger partial charge in [-0.3, -0.25) is 9.58 Å². The molecule has 4 heteroatoms. The molecule has 4 nitrogen and oxygen atoms in total. The third-order valence-corrected chi connectivity index (χ3v) is 4.76. The van der Waals surface area contributed by atoms with Crippen LogP contribution in [0.5, 0.6) is 0 Å². The first-order valence-corrected chi connectivity index (χ1v) is 8.53. The van der Waals surface area contributed by atoms with E-state index >= 15 is 0 Å². The van der Waals surface area contributed by atoms with Gasteiger partial charge in [-0.15, -0.1) is 0 Å². The molecule has 0 spiro atoms. The lowest BCUT2D eigenvalue weighted by Crippen LogP contribution is -2.53. The number of hydrogen-bond acceptors (Lipinski definition) is 3. The lowest BCUT2D eigenvalue weighted by atomic mass is 9.89. The second kappa shape index (κ2) is 7.41. The molecule has 21 heavy (non-hydrogen) atoms. The van der Waals surface area contributed by atoms with E-state index in [1.165, 1.54) is 44.5 Å². The molecule has 2 rings (SSSR count). The molecule has 1 aromatic heterocycles. The van der Waals surface area contributed by atoms with Gasteiger partial charge >= 0.3 is 0 Å². The Hall–Kier alpha value is -0.870. The lowest BCUT2D eigenvalue weighted by Gasteiger charge is -2.43. The highest BCUT2D eigenvalue weighted by atomic mass is 15.3. The van der Waals surface area contributed by atoms with E-state index in [1.54, 1.807) is 0 Å². The number of rotatable bonds is 6. The van der Waals surface area contributed by atoms with Crippen LogP contribution in [0.25, 0.3) is 0 Å². The van der Waals surface area contributed by atoms with Gasteiger partial charge in [0.15, 0.2) is 0 Å². The molecular weight excluding hydrogens is 260 g/mol. The molecule has 1 atom stereocenters. The van der Waals surface area contributed by atoms with Gasteiger partial charge < -0.3 is 5.32 Å². The first-order chi connectivity index (χ1) is 10.1. The molecule has 1 aromatic rings. The van der Waals surface area contributed by atoms with Crippen molar-refractivity contribution in [2.24, 2.45) is 7.05 Å². The maximum atomic E-state index is 4.68. The van der Waals surface area contributed by atoms with E-state index in [-0.39, 0.29) is 11.6 Å². The Kier molecular flexibility index (Phi) is 5.82. The van der Waals surface area contributed by atoms with Crippen molar-refractivity contribution < 1.29 is 0 Å². The summed E-state index contributed by atoms with van der Waals surface area (Å²) in [5, 5.41) is 8.42. The summed E-state index contributed by atoms with van der Waals surface area (Å²) in [6.45, 7) is 10.4. The van der Waals surface area contributed by atoms with Crippen LogP contribution in [0, 0.1) is 0 Å². The predicted octanol–water partition coefficient (Wildman–Crippen LogP) is 3.12. The summed E-state index contributed by atoms with van der Waals surface area (Å²) in [6.07, 6.45) is 8.61. The average Bonchev–Trinajstić information content (AvgIpc) is 2.71. The van der Waals surface area contributed by atoms with Gasteiger partial charge in [0.25, 0.3) is 0 Å². The molecule has 0 amide bonds. The fourth-order valence-corrected chi connectivity index (χ4v) is 3.42. The number of likely N-dealkylation sites (tertiary alicyclic amines) is 1. The zero-order chi connectivity index (χ0) is 15.3. The topological polar surface area (TPSA) is 33.1 Å². The molecule has 0 saturated carbocycles. The molecule has 120 valence electrons. The van der Waals surface area contributed by atoms with E-state index < -0.39 is 0 Å². The number of aromatic nitrogens is 2. The highest BCUT2D eigenvalue weighted by molar-refractivity contribution is 5.13. The minimum absolute atomic E-state index is 0.0911. The Morgan fingerprint density at radius 2 is 1.90 bits per heavy atom. The van der Waals surface area contributed by atoms with Gasteiger partial charge in [-0.2, -0.15) is 5.10 Å². The molecule has 2 heterocycles. The minimum atomic E-state index is 0.0911. The minimum Gasteiger partial charge on any atom is -0.307 e. The van der Waals surface area contributed by atoms with Crippen LogP contribution in [0.15, 0.2) is 12.3 Å². The maximum absolute atomic E-state index is 4.68. The molecule has 1 aliphatic heterocycles. The Morgan fingerprint density at radius 1 is 1.24 bits per heavy atom. The largest absolute Gasteiger partial charge is 0.307 e. The number of nitrogens with one attached hydrogen (secondary N) is 1. The molecule has 1 N–H and O–H groups in total. The summed E-state index contributed by atoms with van der Waals surface area (Å²) in [5.74, 6) is 0. The Labute approximate surface area is 129 Å². The third kappa shape index (κ3) is 4.07. The van der Waals surface area contributed by atoms with Crippen molar-refractivity contribution in [2.75, 3.05) is 19.6 Å². The molecule has 0 aliphatic carbocycles. The molecule has 1 fully saturated rings. The number of nitrogens with zero attached hydrogens (tertiary/aromatic N) is 3. The molecule has 0 bridgehead atoms. The summed E-state index contributed by atoms with van der Waals surface area (Å²) >= 11 is 0. The Morgan fingerprint density at radius 3 is 2.43 bits per heavy atom. The fourth-order valence-electron chi connectivity index (χ4n) is 3.42. The van der Waals surface area contributed by atoms with Crippen molar-refractivity contribution in [1.29, 1.82) is 0 Å². The Balaban J connectivity index is 2.20. The number of hydrogen-bond donors (Lipinski definition) is 1. The summed E-state index contributed by atoms with van der Waals surface area (Å²) in [4.78, 5) is 2.67. The highest BCUT2D eigenvalue weighted by Gasteiger charge is 2.37. The molecule has 0 aromatic carbocycles. The van der Waals surface area contributed by atoms with Gasteiger partial charge in [0.05, 0.1) is 11.7 Å². The smallest absolute Gasteiger partial charge is 0.0812 e. The van der Waals surface area contributed by atoms with Crippen molar-refractivity contribution in [3.8, 4) is 0 Å². The number of aryl methyl sites for hydroxylation is 1. The van der Waals surface area contributed by atoms with Gasteiger partial charge in [-0.25, -0.2) is 0 Å². The van der Waals surface area contributed by atoms with Crippen LogP contribution in [0.1, 0.15) is 64.6 Å². The standard InChI is InChI=1S/C17H32N4/c1-5-11-18-16(15-10-14-20(4)19-15)17(2,3)21-12-8-6-7-9-13-21/h10,14,16,18H,5-9,11-13H2,1-4H3. The van der Waals surface area contributed by atoms with E-state index in [0.29, 0.717) is 0 Å². The van der Waals surface area contributed by atoms with Crippen LogP contribution in [0.4, 0.5) is 0 Å².